The second-order valence-electron chi connectivity index (χ2n) is 5.96. The van der Waals surface area contributed by atoms with Gasteiger partial charge in [0.05, 0.1) is 5.92 Å². The summed E-state index contributed by atoms with van der Waals surface area (Å²) in [6.45, 7) is 4.20. The lowest BCUT2D eigenvalue weighted by molar-refractivity contribution is -0.141. The third-order valence-electron chi connectivity index (χ3n) is 4.47. The van der Waals surface area contributed by atoms with E-state index in [-0.39, 0.29) is 11.8 Å². The van der Waals surface area contributed by atoms with Crippen molar-refractivity contribution in [1.82, 2.24) is 9.88 Å². The Morgan fingerprint density at radius 3 is 2.73 bits per heavy atom. The molecule has 3 rings (SSSR count). The van der Waals surface area contributed by atoms with Gasteiger partial charge < -0.3 is 5.11 Å². The van der Waals surface area contributed by atoms with Gasteiger partial charge >= 0.3 is 5.97 Å². The van der Waals surface area contributed by atoms with Crippen molar-refractivity contribution in [2.75, 3.05) is 13.1 Å². The molecule has 1 saturated heterocycles. The summed E-state index contributed by atoms with van der Waals surface area (Å²) in [4.78, 5) is 18.0. The normalized spacial score (nSPS) is 21.9. The molecule has 1 aromatic carbocycles. The highest BCUT2D eigenvalue weighted by molar-refractivity contribution is 5.72. The van der Waals surface area contributed by atoms with Crippen LogP contribution >= 0.6 is 0 Å². The van der Waals surface area contributed by atoms with Gasteiger partial charge in [-0.3, -0.25) is 14.7 Å². The SMILES string of the molecule is Cc1cnccc1CN1C[C@@H](C(=O)O)[C@H](c2ccccc2)C1. The first kappa shape index (κ1) is 14.7. The van der Waals surface area contributed by atoms with Gasteiger partial charge in [-0.15, -0.1) is 0 Å². The first-order valence-corrected chi connectivity index (χ1v) is 7.54. The highest BCUT2D eigenvalue weighted by atomic mass is 16.4. The van der Waals surface area contributed by atoms with Crippen molar-refractivity contribution < 1.29 is 9.90 Å². The Morgan fingerprint density at radius 2 is 2.05 bits per heavy atom. The molecule has 2 atom stereocenters. The molecule has 114 valence electrons. The van der Waals surface area contributed by atoms with Crippen LogP contribution in [0.15, 0.2) is 48.8 Å². The maximum atomic E-state index is 11.6. The van der Waals surface area contributed by atoms with E-state index in [9.17, 15) is 9.90 Å². The summed E-state index contributed by atoms with van der Waals surface area (Å²) < 4.78 is 0. The topological polar surface area (TPSA) is 53.4 Å². The number of carboxylic acid groups (broad SMARTS) is 1. The van der Waals surface area contributed by atoms with E-state index in [4.69, 9.17) is 0 Å². The Balaban J connectivity index is 1.79. The quantitative estimate of drug-likeness (QED) is 0.942. The van der Waals surface area contributed by atoms with Crippen molar-refractivity contribution in [1.29, 1.82) is 0 Å². The molecule has 1 fully saturated rings. The fraction of sp³-hybridized carbons (Fsp3) is 0.333. The summed E-state index contributed by atoms with van der Waals surface area (Å²) in [5.74, 6) is -0.992. The fourth-order valence-corrected chi connectivity index (χ4v) is 3.22. The number of aromatic nitrogens is 1. The van der Waals surface area contributed by atoms with Crippen LogP contribution in [0.1, 0.15) is 22.6 Å². The van der Waals surface area contributed by atoms with Crippen LogP contribution in [0.4, 0.5) is 0 Å². The lowest BCUT2D eigenvalue weighted by Gasteiger charge is -2.17. The zero-order valence-corrected chi connectivity index (χ0v) is 12.6. The predicted molar refractivity (Wildman–Crippen MR) is 84.6 cm³/mol. The lowest BCUT2D eigenvalue weighted by atomic mass is 9.89. The second-order valence-corrected chi connectivity index (χ2v) is 5.96. The molecule has 0 bridgehead atoms. The Bertz CT molecular complexity index is 657. The molecule has 2 heterocycles. The van der Waals surface area contributed by atoms with Crippen LogP contribution < -0.4 is 0 Å². The van der Waals surface area contributed by atoms with Crippen molar-refractivity contribution in [3.63, 3.8) is 0 Å². The summed E-state index contributed by atoms with van der Waals surface area (Å²) in [5.41, 5.74) is 3.48. The van der Waals surface area contributed by atoms with E-state index in [0.717, 1.165) is 24.2 Å². The summed E-state index contributed by atoms with van der Waals surface area (Å²) in [6, 6.07) is 12.0. The van der Waals surface area contributed by atoms with Gasteiger partial charge in [-0.1, -0.05) is 30.3 Å². The number of aliphatic carboxylic acids is 1. The molecule has 2 aromatic rings. The first-order valence-electron chi connectivity index (χ1n) is 7.54. The van der Waals surface area contributed by atoms with Gasteiger partial charge in [0.25, 0.3) is 0 Å². The van der Waals surface area contributed by atoms with Crippen molar-refractivity contribution in [2.24, 2.45) is 5.92 Å². The van der Waals surface area contributed by atoms with Gasteiger partial charge in [0.2, 0.25) is 0 Å². The molecule has 22 heavy (non-hydrogen) atoms. The zero-order chi connectivity index (χ0) is 15.5. The minimum absolute atomic E-state index is 0.0563. The minimum Gasteiger partial charge on any atom is -0.481 e. The van der Waals surface area contributed by atoms with Gasteiger partial charge in [0, 0.05) is 37.9 Å². The van der Waals surface area contributed by atoms with E-state index >= 15 is 0 Å². The average molecular weight is 296 g/mol. The van der Waals surface area contributed by atoms with Crippen LogP contribution in [0.3, 0.4) is 0 Å². The molecule has 0 radical (unpaired) electrons. The number of likely N-dealkylation sites (tertiary alicyclic amines) is 1. The Kier molecular flexibility index (Phi) is 4.20. The third-order valence-corrected chi connectivity index (χ3v) is 4.47. The third kappa shape index (κ3) is 3.02. The molecule has 0 amide bonds. The average Bonchev–Trinajstić information content (AvgIpc) is 2.95. The largest absolute Gasteiger partial charge is 0.481 e. The smallest absolute Gasteiger partial charge is 0.308 e. The molecular weight excluding hydrogens is 276 g/mol. The molecule has 1 aromatic heterocycles. The monoisotopic (exact) mass is 296 g/mol. The number of aryl methyl sites for hydroxylation is 1. The standard InChI is InChI=1S/C18H20N2O2/c1-13-9-19-8-7-15(13)10-20-11-16(17(12-20)18(21)22)14-5-3-2-4-6-14/h2-9,16-17H,10-12H2,1H3,(H,21,22)/t16-,17+/m0/s1. The number of pyridine rings is 1. The van der Waals surface area contributed by atoms with E-state index in [1.807, 2.05) is 49.5 Å². The maximum absolute atomic E-state index is 11.6. The van der Waals surface area contributed by atoms with E-state index < -0.39 is 5.97 Å². The Hall–Kier alpha value is -2.20. The van der Waals surface area contributed by atoms with Gasteiger partial charge in [-0.2, -0.15) is 0 Å². The van der Waals surface area contributed by atoms with E-state index in [1.54, 1.807) is 6.20 Å². The number of hydrogen-bond donors (Lipinski definition) is 1. The van der Waals surface area contributed by atoms with Crippen LogP contribution in [-0.2, 0) is 11.3 Å². The number of carboxylic acids is 1. The molecule has 0 aliphatic carbocycles. The van der Waals surface area contributed by atoms with Gasteiger partial charge in [-0.25, -0.2) is 0 Å². The highest BCUT2D eigenvalue weighted by Gasteiger charge is 2.38. The molecule has 1 aliphatic rings. The van der Waals surface area contributed by atoms with Crippen LogP contribution in [-0.4, -0.2) is 34.0 Å². The van der Waals surface area contributed by atoms with Crippen molar-refractivity contribution in [3.05, 3.63) is 65.5 Å². The van der Waals surface area contributed by atoms with Crippen molar-refractivity contribution in [2.45, 2.75) is 19.4 Å². The number of nitrogens with zero attached hydrogens (tertiary/aromatic N) is 2. The summed E-state index contributed by atoms with van der Waals surface area (Å²) >= 11 is 0. The van der Waals surface area contributed by atoms with Gasteiger partial charge in [-0.05, 0) is 29.7 Å². The van der Waals surface area contributed by atoms with Crippen LogP contribution in [0.5, 0.6) is 0 Å². The van der Waals surface area contributed by atoms with E-state index in [2.05, 4.69) is 9.88 Å². The number of rotatable bonds is 4. The summed E-state index contributed by atoms with van der Waals surface area (Å²) in [7, 11) is 0. The van der Waals surface area contributed by atoms with E-state index in [1.165, 1.54) is 5.56 Å². The summed E-state index contributed by atoms with van der Waals surface area (Å²) in [6.07, 6.45) is 3.65. The fourth-order valence-electron chi connectivity index (χ4n) is 3.22. The van der Waals surface area contributed by atoms with Gasteiger partial charge in [0.1, 0.15) is 0 Å². The second kappa shape index (κ2) is 6.28. The van der Waals surface area contributed by atoms with Crippen molar-refractivity contribution in [3.8, 4) is 0 Å². The number of carbonyl (C=O) groups is 1. The number of hydrogen-bond acceptors (Lipinski definition) is 3. The molecule has 0 spiro atoms. The van der Waals surface area contributed by atoms with Crippen molar-refractivity contribution >= 4 is 5.97 Å². The van der Waals surface area contributed by atoms with Gasteiger partial charge in [0.15, 0.2) is 0 Å². The molecule has 0 saturated carbocycles. The molecule has 1 aliphatic heterocycles. The molecular formula is C18H20N2O2. The highest BCUT2D eigenvalue weighted by Crippen LogP contribution is 2.33. The molecule has 4 nitrogen and oxygen atoms in total. The minimum atomic E-state index is -0.706. The predicted octanol–water partition coefficient (Wildman–Crippen LogP) is 2.69. The Morgan fingerprint density at radius 1 is 1.27 bits per heavy atom. The first-order chi connectivity index (χ1) is 10.6. The van der Waals surface area contributed by atoms with Crippen LogP contribution in [0.2, 0.25) is 0 Å². The molecule has 1 N–H and O–H groups in total. The lowest BCUT2D eigenvalue weighted by Crippen LogP contribution is -2.23. The van der Waals surface area contributed by atoms with Crippen LogP contribution in [0.25, 0.3) is 0 Å². The van der Waals surface area contributed by atoms with E-state index in [0.29, 0.717) is 6.54 Å². The van der Waals surface area contributed by atoms with Crippen LogP contribution in [0, 0.1) is 12.8 Å². The number of benzene rings is 1. The molecule has 4 heteroatoms. The zero-order valence-electron chi connectivity index (χ0n) is 12.6. The maximum Gasteiger partial charge on any atom is 0.308 e. The summed E-state index contributed by atoms with van der Waals surface area (Å²) in [5, 5.41) is 9.55. The Labute approximate surface area is 130 Å². The molecule has 0 unspecified atom stereocenters.